The first-order chi connectivity index (χ1) is 12.6. The van der Waals surface area contributed by atoms with E-state index < -0.39 is 0 Å². The Morgan fingerprint density at radius 2 is 2.00 bits per heavy atom. The number of carbonyl (C=O) groups is 1. The van der Waals surface area contributed by atoms with Gasteiger partial charge in [-0.3, -0.25) is 4.79 Å². The lowest BCUT2D eigenvalue weighted by molar-refractivity contribution is -0.131. The summed E-state index contributed by atoms with van der Waals surface area (Å²) < 4.78 is 6.92. The van der Waals surface area contributed by atoms with Gasteiger partial charge in [0.1, 0.15) is 18.4 Å². The molecule has 6 heteroatoms. The summed E-state index contributed by atoms with van der Waals surface area (Å²) in [6.45, 7) is 2.02. The third-order valence-corrected chi connectivity index (χ3v) is 4.52. The summed E-state index contributed by atoms with van der Waals surface area (Å²) in [6, 6.07) is 15.5. The second-order valence-corrected chi connectivity index (χ2v) is 6.14. The van der Waals surface area contributed by atoms with Crippen LogP contribution >= 0.6 is 0 Å². The van der Waals surface area contributed by atoms with Gasteiger partial charge >= 0.3 is 0 Å². The first-order valence-electron chi connectivity index (χ1n) is 8.42. The molecule has 1 amide bonds. The number of methoxy groups -OCH3 is 1. The molecule has 134 valence electrons. The van der Waals surface area contributed by atoms with Crippen molar-refractivity contribution in [3.63, 3.8) is 0 Å². The van der Waals surface area contributed by atoms with Crippen molar-refractivity contribution >= 4 is 5.91 Å². The van der Waals surface area contributed by atoms with E-state index in [4.69, 9.17) is 4.74 Å². The lowest BCUT2D eigenvalue weighted by atomic mass is 10.1. The minimum Gasteiger partial charge on any atom is -0.497 e. The van der Waals surface area contributed by atoms with Gasteiger partial charge in [-0.2, -0.15) is 5.10 Å². The molecule has 0 aliphatic heterocycles. The van der Waals surface area contributed by atoms with Crippen LogP contribution in [0.2, 0.25) is 0 Å². The Balaban J connectivity index is 1.68. The Bertz CT molecular complexity index is 860. The zero-order valence-electron chi connectivity index (χ0n) is 15.2. The molecule has 3 aromatic rings. The molecule has 0 N–H and O–H groups in total. The van der Waals surface area contributed by atoms with Crippen molar-refractivity contribution < 1.29 is 9.53 Å². The highest BCUT2D eigenvalue weighted by Gasteiger charge is 2.18. The first kappa shape index (κ1) is 17.7. The van der Waals surface area contributed by atoms with Gasteiger partial charge in [0.05, 0.1) is 25.3 Å². The average Bonchev–Trinajstić information content (AvgIpc) is 3.22. The highest BCUT2D eigenvalue weighted by Crippen LogP contribution is 2.22. The van der Waals surface area contributed by atoms with E-state index in [1.807, 2.05) is 62.5 Å². The SMILES string of the molecule is COc1cccc(CC(=O)N(C)[C@@H](C)c2ccc(-n3cncn3)cc2)c1. The number of rotatable bonds is 6. The van der Waals surface area contributed by atoms with Crippen LogP contribution in [-0.4, -0.2) is 39.7 Å². The summed E-state index contributed by atoms with van der Waals surface area (Å²) in [5.74, 6) is 0.820. The molecular weight excluding hydrogens is 328 g/mol. The molecule has 0 spiro atoms. The third-order valence-electron chi connectivity index (χ3n) is 4.52. The Morgan fingerprint density at radius 1 is 1.23 bits per heavy atom. The molecule has 0 fully saturated rings. The lowest BCUT2D eigenvalue weighted by Crippen LogP contribution is -2.31. The van der Waals surface area contributed by atoms with Gasteiger partial charge in [-0.25, -0.2) is 9.67 Å². The Kier molecular flexibility index (Phi) is 5.31. The summed E-state index contributed by atoms with van der Waals surface area (Å²) in [5.41, 5.74) is 2.94. The Morgan fingerprint density at radius 3 is 2.65 bits per heavy atom. The third kappa shape index (κ3) is 3.91. The highest BCUT2D eigenvalue weighted by molar-refractivity contribution is 5.79. The van der Waals surface area contributed by atoms with Crippen molar-refractivity contribution in [1.82, 2.24) is 19.7 Å². The van der Waals surface area contributed by atoms with Crippen molar-refractivity contribution in [3.8, 4) is 11.4 Å². The minimum absolute atomic E-state index is 0.0297. The summed E-state index contributed by atoms with van der Waals surface area (Å²) in [4.78, 5) is 18.4. The normalized spacial score (nSPS) is 11.8. The molecule has 1 heterocycles. The molecule has 0 radical (unpaired) electrons. The van der Waals surface area contributed by atoms with Crippen molar-refractivity contribution in [1.29, 1.82) is 0 Å². The van der Waals surface area contributed by atoms with Crippen LogP contribution in [0.3, 0.4) is 0 Å². The fourth-order valence-electron chi connectivity index (χ4n) is 2.77. The van der Waals surface area contributed by atoms with E-state index in [0.29, 0.717) is 6.42 Å². The summed E-state index contributed by atoms with van der Waals surface area (Å²) in [6.07, 6.45) is 3.50. The van der Waals surface area contributed by atoms with Gasteiger partial charge in [0.25, 0.3) is 0 Å². The number of ether oxygens (including phenoxy) is 1. The number of hydrogen-bond acceptors (Lipinski definition) is 4. The number of nitrogens with zero attached hydrogens (tertiary/aromatic N) is 4. The predicted octanol–water partition coefficient (Wildman–Crippen LogP) is 3.04. The van der Waals surface area contributed by atoms with Crippen molar-refractivity contribution in [2.24, 2.45) is 0 Å². The van der Waals surface area contributed by atoms with Crippen LogP contribution in [0, 0.1) is 0 Å². The number of carbonyl (C=O) groups excluding carboxylic acids is 1. The van der Waals surface area contributed by atoms with E-state index in [1.165, 1.54) is 6.33 Å². The second kappa shape index (κ2) is 7.82. The molecule has 26 heavy (non-hydrogen) atoms. The van der Waals surface area contributed by atoms with E-state index >= 15 is 0 Å². The maximum Gasteiger partial charge on any atom is 0.227 e. The van der Waals surface area contributed by atoms with Crippen LogP contribution in [-0.2, 0) is 11.2 Å². The van der Waals surface area contributed by atoms with Crippen molar-refractivity contribution in [3.05, 3.63) is 72.3 Å². The van der Waals surface area contributed by atoms with Gasteiger partial charge in [0, 0.05) is 7.05 Å². The molecule has 0 saturated heterocycles. The van der Waals surface area contributed by atoms with E-state index in [9.17, 15) is 4.79 Å². The molecule has 2 aromatic carbocycles. The maximum absolute atomic E-state index is 12.6. The molecule has 1 aromatic heterocycles. The number of amides is 1. The van der Waals surface area contributed by atoms with Gasteiger partial charge in [-0.05, 0) is 42.3 Å². The number of hydrogen-bond donors (Lipinski definition) is 0. The Hall–Kier alpha value is -3.15. The van der Waals surface area contributed by atoms with Crippen LogP contribution in [0.5, 0.6) is 5.75 Å². The standard InChI is InChI=1S/C20H22N4O2/c1-15(17-7-9-18(10-8-17)24-14-21-13-22-24)23(2)20(25)12-16-5-4-6-19(11-16)26-3/h4-11,13-15H,12H2,1-3H3/t15-/m0/s1. The zero-order chi connectivity index (χ0) is 18.5. The smallest absolute Gasteiger partial charge is 0.227 e. The molecule has 6 nitrogen and oxygen atoms in total. The maximum atomic E-state index is 12.6. The average molecular weight is 350 g/mol. The van der Waals surface area contributed by atoms with Gasteiger partial charge in [0.2, 0.25) is 5.91 Å². The predicted molar refractivity (Wildman–Crippen MR) is 99.2 cm³/mol. The van der Waals surface area contributed by atoms with Crippen LogP contribution in [0.1, 0.15) is 24.1 Å². The molecule has 0 unspecified atom stereocenters. The lowest BCUT2D eigenvalue weighted by Gasteiger charge is -2.25. The monoisotopic (exact) mass is 350 g/mol. The van der Waals surface area contributed by atoms with Crippen LogP contribution in [0.25, 0.3) is 5.69 Å². The first-order valence-corrected chi connectivity index (χ1v) is 8.42. The van der Waals surface area contributed by atoms with Gasteiger partial charge in [-0.1, -0.05) is 24.3 Å². The van der Waals surface area contributed by atoms with Gasteiger partial charge in [-0.15, -0.1) is 0 Å². The fourth-order valence-corrected chi connectivity index (χ4v) is 2.77. The summed E-state index contributed by atoms with van der Waals surface area (Å²) in [7, 11) is 3.45. The van der Waals surface area contributed by atoms with Crippen molar-refractivity contribution in [2.45, 2.75) is 19.4 Å². The van der Waals surface area contributed by atoms with Gasteiger partial charge in [0.15, 0.2) is 0 Å². The molecular formula is C20H22N4O2. The summed E-state index contributed by atoms with van der Waals surface area (Å²) >= 11 is 0. The molecule has 1 atom stereocenters. The minimum atomic E-state index is -0.0297. The zero-order valence-corrected chi connectivity index (χ0v) is 15.2. The van der Waals surface area contributed by atoms with E-state index in [1.54, 1.807) is 23.0 Å². The van der Waals surface area contributed by atoms with Crippen LogP contribution in [0.15, 0.2) is 61.2 Å². The highest BCUT2D eigenvalue weighted by atomic mass is 16.5. The molecule has 0 aliphatic carbocycles. The van der Waals surface area contributed by atoms with Gasteiger partial charge < -0.3 is 9.64 Å². The number of benzene rings is 2. The van der Waals surface area contributed by atoms with Crippen molar-refractivity contribution in [2.75, 3.05) is 14.2 Å². The van der Waals surface area contributed by atoms with E-state index in [0.717, 1.165) is 22.6 Å². The fraction of sp³-hybridized carbons (Fsp3) is 0.250. The second-order valence-electron chi connectivity index (χ2n) is 6.14. The molecule has 0 saturated carbocycles. The van der Waals surface area contributed by atoms with Crippen LogP contribution < -0.4 is 4.74 Å². The largest absolute Gasteiger partial charge is 0.497 e. The number of aromatic nitrogens is 3. The quantitative estimate of drug-likeness (QED) is 0.686. The van der Waals surface area contributed by atoms with E-state index in [-0.39, 0.29) is 11.9 Å². The summed E-state index contributed by atoms with van der Waals surface area (Å²) in [5, 5.41) is 4.12. The van der Waals surface area contributed by atoms with E-state index in [2.05, 4.69) is 10.1 Å². The number of likely N-dealkylation sites (N-methyl/N-ethyl adjacent to an activating group) is 1. The topological polar surface area (TPSA) is 60.2 Å². The molecule has 0 bridgehead atoms. The Labute approximate surface area is 153 Å². The molecule has 0 aliphatic rings. The van der Waals surface area contributed by atoms with Crippen LogP contribution in [0.4, 0.5) is 0 Å². The molecule has 3 rings (SSSR count).